The van der Waals surface area contributed by atoms with Gasteiger partial charge in [0.15, 0.2) is 0 Å². The molecule has 1 N–H and O–H groups in total. The minimum absolute atomic E-state index is 0.103. The fraction of sp³-hybridized carbons (Fsp3) is 0.273. The van der Waals surface area contributed by atoms with Gasteiger partial charge in [0.2, 0.25) is 0 Å². The van der Waals surface area contributed by atoms with E-state index in [0.717, 1.165) is 16.0 Å². The molecule has 150 valence electrons. The molecule has 0 fully saturated rings. The van der Waals surface area contributed by atoms with Crippen molar-refractivity contribution >= 4 is 17.2 Å². The van der Waals surface area contributed by atoms with Gasteiger partial charge < -0.3 is 15.1 Å². The van der Waals surface area contributed by atoms with Crippen molar-refractivity contribution in [3.05, 3.63) is 69.3 Å². The number of thiophene rings is 1. The van der Waals surface area contributed by atoms with Gasteiger partial charge in [-0.15, -0.1) is 11.3 Å². The van der Waals surface area contributed by atoms with E-state index in [0.29, 0.717) is 43.1 Å². The summed E-state index contributed by atoms with van der Waals surface area (Å²) in [5.74, 6) is -0.103. The van der Waals surface area contributed by atoms with Crippen LogP contribution in [-0.4, -0.2) is 42.3 Å². The topological polar surface area (TPSA) is 63.6 Å². The van der Waals surface area contributed by atoms with Crippen LogP contribution in [0.15, 0.2) is 52.6 Å². The smallest absolute Gasteiger partial charge is 0.277 e. The van der Waals surface area contributed by atoms with Crippen molar-refractivity contribution in [2.24, 2.45) is 0 Å². The number of nitrogens with zero attached hydrogens (tertiary/aromatic N) is 2. The van der Waals surface area contributed by atoms with E-state index in [9.17, 15) is 9.59 Å². The summed E-state index contributed by atoms with van der Waals surface area (Å²) in [6.45, 7) is 4.02. The summed E-state index contributed by atoms with van der Waals surface area (Å²) in [5, 5.41) is 1.99. The highest BCUT2D eigenvalue weighted by molar-refractivity contribution is 7.13. The molecule has 1 aromatic carbocycles. The zero-order valence-corrected chi connectivity index (χ0v) is 17.3. The molecule has 0 saturated heterocycles. The van der Waals surface area contributed by atoms with Gasteiger partial charge in [-0.05, 0) is 35.6 Å². The molecule has 0 spiro atoms. The Morgan fingerprint density at radius 1 is 1.28 bits per heavy atom. The van der Waals surface area contributed by atoms with Crippen LogP contribution in [0.4, 0.5) is 0 Å². The van der Waals surface area contributed by atoms with Crippen molar-refractivity contribution < 1.29 is 9.53 Å². The van der Waals surface area contributed by atoms with Crippen molar-refractivity contribution in [1.29, 1.82) is 0 Å². The number of amides is 1. The molecule has 0 saturated carbocycles. The molecule has 1 aliphatic rings. The number of hydrogen-bond donors (Lipinski definition) is 1. The fourth-order valence-electron chi connectivity index (χ4n) is 3.60. The van der Waals surface area contributed by atoms with Crippen molar-refractivity contribution in [2.75, 3.05) is 32.2 Å². The number of pyridine rings is 1. The number of nitrogens with one attached hydrogen (secondary N) is 1. The van der Waals surface area contributed by atoms with Crippen LogP contribution in [-0.2, 0) is 11.3 Å². The normalized spacial score (nSPS) is 12.1. The lowest BCUT2D eigenvalue weighted by atomic mass is 10.00. The maximum absolute atomic E-state index is 13.5. The minimum Gasteiger partial charge on any atom is -0.383 e. The SMILES string of the molecule is CCN(CCOC)C(=O)c1cc(-c2ccccc2)c(=O)n2c1-c1sccc1CN2. The van der Waals surface area contributed by atoms with E-state index in [2.05, 4.69) is 5.43 Å². The van der Waals surface area contributed by atoms with Gasteiger partial charge in [-0.25, -0.2) is 4.68 Å². The van der Waals surface area contributed by atoms with Gasteiger partial charge in [0.1, 0.15) is 0 Å². The monoisotopic (exact) mass is 409 g/mol. The lowest BCUT2D eigenvalue weighted by Gasteiger charge is -2.27. The third-order valence-corrected chi connectivity index (χ3v) is 6.10. The largest absolute Gasteiger partial charge is 0.383 e. The first kappa shape index (κ1) is 19.4. The molecular formula is C22H23N3O3S. The van der Waals surface area contributed by atoms with Crippen molar-refractivity contribution in [1.82, 2.24) is 9.58 Å². The van der Waals surface area contributed by atoms with Crippen molar-refractivity contribution in [3.63, 3.8) is 0 Å². The molecule has 3 heterocycles. The van der Waals surface area contributed by atoms with Gasteiger partial charge in [0, 0.05) is 25.8 Å². The molecule has 0 aliphatic carbocycles. The van der Waals surface area contributed by atoms with Gasteiger partial charge in [-0.1, -0.05) is 30.3 Å². The summed E-state index contributed by atoms with van der Waals surface area (Å²) in [5.41, 5.74) is 6.61. The molecule has 4 rings (SSSR count). The Bertz CT molecular complexity index is 1090. The Balaban J connectivity index is 1.94. The Morgan fingerprint density at radius 2 is 2.07 bits per heavy atom. The van der Waals surface area contributed by atoms with Crippen LogP contribution in [0.1, 0.15) is 22.8 Å². The van der Waals surface area contributed by atoms with Crippen LogP contribution in [0.5, 0.6) is 0 Å². The Morgan fingerprint density at radius 3 is 2.79 bits per heavy atom. The third-order valence-electron chi connectivity index (χ3n) is 5.14. The molecule has 0 bridgehead atoms. The highest BCUT2D eigenvalue weighted by atomic mass is 32.1. The second-order valence-electron chi connectivity index (χ2n) is 6.81. The molecule has 0 radical (unpaired) electrons. The number of ether oxygens (including phenoxy) is 1. The van der Waals surface area contributed by atoms with Crippen LogP contribution in [0.25, 0.3) is 21.7 Å². The number of rotatable bonds is 6. The van der Waals surface area contributed by atoms with Gasteiger partial charge in [-0.3, -0.25) is 9.59 Å². The Kier molecular flexibility index (Phi) is 5.51. The number of methoxy groups -OCH3 is 1. The van der Waals surface area contributed by atoms with E-state index in [1.807, 2.05) is 48.7 Å². The summed E-state index contributed by atoms with van der Waals surface area (Å²) in [4.78, 5) is 29.5. The van der Waals surface area contributed by atoms with E-state index in [1.54, 1.807) is 34.1 Å². The fourth-order valence-corrected chi connectivity index (χ4v) is 4.57. The molecule has 0 unspecified atom stereocenters. The minimum atomic E-state index is -0.151. The molecule has 7 heteroatoms. The van der Waals surface area contributed by atoms with Gasteiger partial charge in [0.05, 0.1) is 29.3 Å². The number of likely N-dealkylation sites (N-methyl/N-ethyl adjacent to an activating group) is 1. The van der Waals surface area contributed by atoms with Crippen LogP contribution >= 0.6 is 11.3 Å². The highest BCUT2D eigenvalue weighted by Gasteiger charge is 2.28. The van der Waals surface area contributed by atoms with Crippen LogP contribution in [0, 0.1) is 0 Å². The Hall–Kier alpha value is -2.90. The number of carbonyl (C=O) groups is 1. The molecule has 3 aromatic rings. The number of benzene rings is 1. The van der Waals surface area contributed by atoms with Gasteiger partial charge in [-0.2, -0.15) is 0 Å². The maximum atomic E-state index is 13.5. The number of aromatic nitrogens is 1. The van der Waals surface area contributed by atoms with Crippen LogP contribution < -0.4 is 11.0 Å². The summed E-state index contributed by atoms with van der Waals surface area (Å²) >= 11 is 1.55. The first-order chi connectivity index (χ1) is 14.2. The molecule has 2 aromatic heterocycles. The van der Waals surface area contributed by atoms with Crippen LogP contribution in [0.3, 0.4) is 0 Å². The third kappa shape index (κ3) is 3.47. The van der Waals surface area contributed by atoms with E-state index in [-0.39, 0.29) is 11.5 Å². The molecule has 6 nitrogen and oxygen atoms in total. The number of carbonyl (C=O) groups excluding carboxylic acids is 1. The zero-order valence-electron chi connectivity index (χ0n) is 16.5. The second-order valence-corrected chi connectivity index (χ2v) is 7.73. The van der Waals surface area contributed by atoms with Crippen molar-refractivity contribution in [3.8, 4) is 21.7 Å². The summed E-state index contributed by atoms with van der Waals surface area (Å²) in [7, 11) is 1.62. The van der Waals surface area contributed by atoms with Gasteiger partial charge >= 0.3 is 0 Å². The quantitative estimate of drug-likeness (QED) is 0.678. The molecule has 29 heavy (non-hydrogen) atoms. The maximum Gasteiger partial charge on any atom is 0.277 e. The predicted molar refractivity (Wildman–Crippen MR) is 116 cm³/mol. The number of fused-ring (bicyclic) bond motifs is 3. The van der Waals surface area contributed by atoms with E-state index in [1.165, 1.54) is 0 Å². The van der Waals surface area contributed by atoms with Gasteiger partial charge in [0.25, 0.3) is 11.5 Å². The lowest BCUT2D eigenvalue weighted by Crippen LogP contribution is -2.39. The highest BCUT2D eigenvalue weighted by Crippen LogP contribution is 2.35. The summed E-state index contributed by atoms with van der Waals surface area (Å²) in [6, 6.07) is 13.2. The molecule has 1 aliphatic heterocycles. The van der Waals surface area contributed by atoms with E-state index < -0.39 is 0 Å². The average Bonchev–Trinajstić information content (AvgIpc) is 3.24. The lowest BCUT2D eigenvalue weighted by molar-refractivity contribution is 0.0706. The second kappa shape index (κ2) is 8.23. The molecule has 1 amide bonds. The number of hydrogen-bond acceptors (Lipinski definition) is 5. The summed E-state index contributed by atoms with van der Waals surface area (Å²) in [6.07, 6.45) is 0. The first-order valence-corrected chi connectivity index (χ1v) is 10.5. The van der Waals surface area contributed by atoms with E-state index in [4.69, 9.17) is 4.74 Å². The van der Waals surface area contributed by atoms with E-state index >= 15 is 0 Å². The van der Waals surface area contributed by atoms with Crippen molar-refractivity contribution in [2.45, 2.75) is 13.5 Å². The Labute approximate surface area is 173 Å². The standard InChI is InChI=1S/C22H23N3O3S/c1-3-24(10-11-28-2)21(26)18-13-17(15-7-5-4-6-8-15)22(27)25-19(18)20-16(14-23-25)9-12-29-20/h4-9,12-13,23H,3,10-11,14H2,1-2H3. The molecular weight excluding hydrogens is 386 g/mol. The van der Waals surface area contributed by atoms with Crippen LogP contribution in [0.2, 0.25) is 0 Å². The zero-order chi connectivity index (χ0) is 20.4. The first-order valence-electron chi connectivity index (χ1n) is 9.60. The predicted octanol–water partition coefficient (Wildman–Crippen LogP) is 3.41. The average molecular weight is 410 g/mol. The summed E-state index contributed by atoms with van der Waals surface area (Å²) < 4.78 is 6.71. The molecule has 0 atom stereocenters.